The van der Waals surface area contributed by atoms with Crippen LogP contribution in [0.4, 0.5) is 17.6 Å². The van der Waals surface area contributed by atoms with Gasteiger partial charge in [-0.15, -0.1) is 0 Å². The molecular formula is C12H23N5O. The third kappa shape index (κ3) is 4.03. The third-order valence-corrected chi connectivity index (χ3v) is 3.08. The Balaban J connectivity index is 2.60. The maximum atomic E-state index is 10.0. The number of aliphatic hydroxyl groups is 1. The lowest BCUT2D eigenvalue weighted by atomic mass is 9.97. The average Bonchev–Trinajstić information content (AvgIpc) is 2.37. The van der Waals surface area contributed by atoms with Crippen molar-refractivity contribution in [1.29, 1.82) is 0 Å². The number of anilines is 3. The second kappa shape index (κ2) is 7.00. The summed E-state index contributed by atoms with van der Waals surface area (Å²) >= 11 is 0. The van der Waals surface area contributed by atoms with Crippen LogP contribution in [0.3, 0.4) is 0 Å². The summed E-state index contributed by atoms with van der Waals surface area (Å²) in [5.41, 5.74) is 5.59. The summed E-state index contributed by atoms with van der Waals surface area (Å²) in [6, 6.07) is 1.76. The van der Waals surface area contributed by atoms with Crippen molar-refractivity contribution in [3.63, 3.8) is 0 Å². The quantitative estimate of drug-likeness (QED) is 0.585. The Labute approximate surface area is 108 Å². The van der Waals surface area contributed by atoms with E-state index in [4.69, 9.17) is 5.73 Å². The van der Waals surface area contributed by atoms with E-state index in [0.717, 1.165) is 12.8 Å². The summed E-state index contributed by atoms with van der Waals surface area (Å²) in [7, 11) is 1.77. The molecule has 1 aromatic heterocycles. The molecule has 0 spiro atoms. The number of nitrogens with two attached hydrogens (primary N) is 1. The first-order valence-corrected chi connectivity index (χ1v) is 6.34. The van der Waals surface area contributed by atoms with Crippen LogP contribution in [-0.4, -0.2) is 34.8 Å². The van der Waals surface area contributed by atoms with E-state index in [1.165, 1.54) is 0 Å². The van der Waals surface area contributed by atoms with Crippen LogP contribution in [0.15, 0.2) is 6.07 Å². The highest BCUT2D eigenvalue weighted by Crippen LogP contribution is 2.15. The first-order valence-electron chi connectivity index (χ1n) is 6.34. The lowest BCUT2D eigenvalue weighted by Crippen LogP contribution is -2.28. The van der Waals surface area contributed by atoms with E-state index in [0.29, 0.717) is 24.1 Å². The summed E-state index contributed by atoms with van der Waals surface area (Å²) in [6.45, 7) is 4.63. The van der Waals surface area contributed by atoms with Gasteiger partial charge in [0.2, 0.25) is 5.95 Å². The number of aromatic nitrogens is 2. The molecule has 0 amide bonds. The van der Waals surface area contributed by atoms with Crippen LogP contribution < -0.4 is 16.4 Å². The minimum atomic E-state index is -0.380. The molecular weight excluding hydrogens is 230 g/mol. The van der Waals surface area contributed by atoms with Crippen molar-refractivity contribution >= 4 is 17.6 Å². The number of nitrogens with zero attached hydrogens (tertiary/aromatic N) is 2. The van der Waals surface area contributed by atoms with Crippen LogP contribution in [-0.2, 0) is 0 Å². The molecule has 0 aliphatic carbocycles. The van der Waals surface area contributed by atoms with E-state index in [9.17, 15) is 5.11 Å². The van der Waals surface area contributed by atoms with Crippen molar-refractivity contribution in [2.24, 2.45) is 5.92 Å². The van der Waals surface area contributed by atoms with Gasteiger partial charge in [0, 0.05) is 19.7 Å². The predicted molar refractivity (Wildman–Crippen MR) is 74.6 cm³/mol. The van der Waals surface area contributed by atoms with Crippen LogP contribution >= 0.6 is 0 Å². The van der Waals surface area contributed by atoms with Crippen molar-refractivity contribution in [2.75, 3.05) is 30.0 Å². The molecule has 1 aromatic rings. The Hall–Kier alpha value is -1.56. The number of nitrogen functional groups attached to an aromatic ring is 1. The van der Waals surface area contributed by atoms with Gasteiger partial charge in [-0.25, -0.2) is 0 Å². The van der Waals surface area contributed by atoms with Crippen LogP contribution in [0.25, 0.3) is 0 Å². The van der Waals surface area contributed by atoms with E-state index in [1.807, 2.05) is 0 Å². The molecule has 5 N–H and O–H groups in total. The number of hydrogen-bond donors (Lipinski definition) is 4. The second-order valence-corrected chi connectivity index (χ2v) is 4.27. The summed E-state index contributed by atoms with van der Waals surface area (Å²) in [5.74, 6) is 1.79. The van der Waals surface area contributed by atoms with E-state index < -0.39 is 0 Å². The highest BCUT2D eigenvalue weighted by molar-refractivity contribution is 5.50. The van der Waals surface area contributed by atoms with Crippen LogP contribution in [0, 0.1) is 5.92 Å². The Morgan fingerprint density at radius 1 is 1.28 bits per heavy atom. The van der Waals surface area contributed by atoms with Crippen molar-refractivity contribution in [3.05, 3.63) is 6.07 Å². The molecule has 0 aromatic carbocycles. The fourth-order valence-corrected chi connectivity index (χ4v) is 1.89. The zero-order valence-corrected chi connectivity index (χ0v) is 11.3. The van der Waals surface area contributed by atoms with Crippen LogP contribution in [0.2, 0.25) is 0 Å². The molecule has 0 bridgehead atoms. The molecule has 0 saturated carbocycles. The van der Waals surface area contributed by atoms with Crippen molar-refractivity contribution in [3.8, 4) is 0 Å². The highest BCUT2D eigenvalue weighted by Gasteiger charge is 2.15. The molecule has 0 aliphatic rings. The average molecular weight is 253 g/mol. The second-order valence-electron chi connectivity index (χ2n) is 4.27. The maximum absolute atomic E-state index is 10.0. The Bertz CT molecular complexity index is 367. The van der Waals surface area contributed by atoms with Gasteiger partial charge in [-0.1, -0.05) is 26.7 Å². The van der Waals surface area contributed by atoms with Gasteiger partial charge in [0.05, 0.1) is 6.10 Å². The molecule has 102 valence electrons. The molecule has 1 unspecified atom stereocenters. The molecule has 0 radical (unpaired) electrons. The maximum Gasteiger partial charge on any atom is 0.223 e. The van der Waals surface area contributed by atoms with E-state index in [-0.39, 0.29) is 12.1 Å². The molecule has 6 heteroatoms. The Morgan fingerprint density at radius 2 is 1.89 bits per heavy atom. The zero-order chi connectivity index (χ0) is 13.5. The minimum Gasteiger partial charge on any atom is -0.391 e. The molecule has 1 heterocycles. The first kappa shape index (κ1) is 14.5. The number of aliphatic hydroxyl groups excluding tert-OH is 1. The van der Waals surface area contributed by atoms with Crippen LogP contribution in [0.1, 0.15) is 26.7 Å². The minimum absolute atomic E-state index is 0.210. The number of hydrogen-bond acceptors (Lipinski definition) is 6. The van der Waals surface area contributed by atoms with E-state index in [1.54, 1.807) is 13.1 Å². The summed E-state index contributed by atoms with van der Waals surface area (Å²) in [6.07, 6.45) is 1.55. The topological polar surface area (TPSA) is 96.1 Å². The molecule has 1 rings (SSSR count). The van der Waals surface area contributed by atoms with Crippen molar-refractivity contribution in [2.45, 2.75) is 32.8 Å². The number of nitrogens with one attached hydrogen (secondary N) is 2. The summed E-state index contributed by atoms with van der Waals surface area (Å²) in [4.78, 5) is 8.07. The summed E-state index contributed by atoms with van der Waals surface area (Å²) in [5, 5.41) is 16.0. The fourth-order valence-electron chi connectivity index (χ4n) is 1.89. The normalized spacial score (nSPS) is 12.5. The first-order chi connectivity index (χ1) is 8.60. The zero-order valence-electron chi connectivity index (χ0n) is 11.3. The van der Waals surface area contributed by atoms with Gasteiger partial charge in [0.1, 0.15) is 11.6 Å². The monoisotopic (exact) mass is 253 g/mol. The third-order valence-electron chi connectivity index (χ3n) is 3.08. The van der Waals surface area contributed by atoms with Gasteiger partial charge >= 0.3 is 0 Å². The lowest BCUT2D eigenvalue weighted by molar-refractivity contribution is 0.114. The van der Waals surface area contributed by atoms with Gasteiger partial charge in [-0.05, 0) is 5.92 Å². The highest BCUT2D eigenvalue weighted by atomic mass is 16.3. The molecule has 0 saturated heterocycles. The van der Waals surface area contributed by atoms with Gasteiger partial charge in [-0.2, -0.15) is 9.97 Å². The molecule has 1 atom stereocenters. The molecule has 0 fully saturated rings. The Morgan fingerprint density at radius 3 is 2.44 bits per heavy atom. The smallest absolute Gasteiger partial charge is 0.223 e. The van der Waals surface area contributed by atoms with Crippen LogP contribution in [0.5, 0.6) is 0 Å². The molecule has 6 nitrogen and oxygen atoms in total. The van der Waals surface area contributed by atoms with E-state index in [2.05, 4.69) is 34.4 Å². The van der Waals surface area contributed by atoms with Gasteiger partial charge in [0.25, 0.3) is 0 Å². The lowest BCUT2D eigenvalue weighted by Gasteiger charge is -2.20. The summed E-state index contributed by atoms with van der Waals surface area (Å²) < 4.78 is 0. The Kier molecular flexibility index (Phi) is 5.64. The van der Waals surface area contributed by atoms with Crippen molar-refractivity contribution in [1.82, 2.24) is 9.97 Å². The fraction of sp³-hybridized carbons (Fsp3) is 0.667. The van der Waals surface area contributed by atoms with Gasteiger partial charge < -0.3 is 21.5 Å². The van der Waals surface area contributed by atoms with Crippen molar-refractivity contribution < 1.29 is 5.11 Å². The molecule has 18 heavy (non-hydrogen) atoms. The largest absolute Gasteiger partial charge is 0.391 e. The standard InChI is InChI=1S/C12H23N5O/c1-4-8(5-2)9(18)7-15-11-6-10(14-3)16-12(13)17-11/h6,8-9,18H,4-5,7H2,1-3H3,(H4,13,14,15,16,17). The predicted octanol–water partition coefficient (Wildman–Crippen LogP) is 1.31. The SMILES string of the molecule is CCC(CC)C(O)CNc1cc(NC)nc(N)n1. The van der Waals surface area contributed by atoms with Gasteiger partial charge in [0.15, 0.2) is 0 Å². The van der Waals surface area contributed by atoms with Gasteiger partial charge in [-0.3, -0.25) is 0 Å². The number of rotatable bonds is 7. The molecule has 0 aliphatic heterocycles. The van der Waals surface area contributed by atoms with E-state index >= 15 is 0 Å².